The molecule has 0 radical (unpaired) electrons. The number of hydrogen-bond acceptors (Lipinski definition) is 3. The molecule has 0 spiro atoms. The summed E-state index contributed by atoms with van der Waals surface area (Å²) in [4.78, 5) is 20.5. The van der Waals surface area contributed by atoms with Crippen LogP contribution in [0.2, 0.25) is 0 Å². The average molecular weight is 226 g/mol. The van der Waals surface area contributed by atoms with E-state index < -0.39 is 0 Å². The van der Waals surface area contributed by atoms with Gasteiger partial charge in [0, 0.05) is 23.7 Å². The molecular weight excluding hydrogens is 212 g/mol. The molecule has 17 heavy (non-hydrogen) atoms. The van der Waals surface area contributed by atoms with Crippen molar-refractivity contribution in [2.75, 3.05) is 0 Å². The molecule has 0 amide bonds. The molecule has 2 aromatic heterocycles. The first kappa shape index (κ1) is 11.5. The van der Waals surface area contributed by atoms with Gasteiger partial charge in [0.15, 0.2) is 0 Å². The van der Waals surface area contributed by atoms with Crippen molar-refractivity contribution in [3.05, 3.63) is 59.2 Å². The Morgan fingerprint density at radius 3 is 2.71 bits per heavy atom. The van der Waals surface area contributed by atoms with Crippen molar-refractivity contribution in [3.8, 4) is 0 Å². The maximum absolute atomic E-state index is 12.2. The maximum Gasteiger partial charge on any atom is 0.213 e. The molecule has 0 aliphatic heterocycles. The molecule has 86 valence electrons. The summed E-state index contributed by atoms with van der Waals surface area (Å²) in [5.74, 6) is -0.0602. The zero-order valence-electron chi connectivity index (χ0n) is 9.97. The molecule has 0 N–H and O–H groups in total. The first-order valence-corrected chi connectivity index (χ1v) is 5.63. The lowest BCUT2D eigenvalue weighted by Crippen LogP contribution is -2.08. The van der Waals surface area contributed by atoms with Gasteiger partial charge in [0.05, 0.1) is 0 Å². The number of aromatic nitrogens is 2. The van der Waals surface area contributed by atoms with Crippen molar-refractivity contribution in [1.82, 2.24) is 9.97 Å². The van der Waals surface area contributed by atoms with E-state index in [9.17, 15) is 4.79 Å². The SMILES string of the molecule is CCc1cccnc1C(=O)c1ccc(C)nc1. The predicted octanol–water partition coefficient (Wildman–Crippen LogP) is 2.58. The second-order valence-electron chi connectivity index (χ2n) is 3.88. The van der Waals surface area contributed by atoms with E-state index in [1.165, 1.54) is 0 Å². The fraction of sp³-hybridized carbons (Fsp3) is 0.214. The van der Waals surface area contributed by atoms with E-state index in [1.54, 1.807) is 18.5 Å². The van der Waals surface area contributed by atoms with Crippen molar-refractivity contribution in [3.63, 3.8) is 0 Å². The minimum atomic E-state index is -0.0602. The Morgan fingerprint density at radius 2 is 2.06 bits per heavy atom. The van der Waals surface area contributed by atoms with Crippen LogP contribution in [0.15, 0.2) is 36.7 Å². The van der Waals surface area contributed by atoms with E-state index in [2.05, 4.69) is 9.97 Å². The number of ketones is 1. The molecule has 0 fully saturated rings. The highest BCUT2D eigenvalue weighted by atomic mass is 16.1. The monoisotopic (exact) mass is 226 g/mol. The van der Waals surface area contributed by atoms with E-state index in [0.29, 0.717) is 11.3 Å². The van der Waals surface area contributed by atoms with Crippen LogP contribution in [-0.2, 0) is 6.42 Å². The first-order chi connectivity index (χ1) is 8.22. The third-order valence-electron chi connectivity index (χ3n) is 2.66. The second-order valence-corrected chi connectivity index (χ2v) is 3.88. The molecule has 0 saturated heterocycles. The van der Waals surface area contributed by atoms with Crippen molar-refractivity contribution in [2.24, 2.45) is 0 Å². The van der Waals surface area contributed by atoms with Gasteiger partial charge >= 0.3 is 0 Å². The molecule has 0 aromatic carbocycles. The van der Waals surface area contributed by atoms with Crippen molar-refractivity contribution in [2.45, 2.75) is 20.3 Å². The number of pyridine rings is 2. The van der Waals surface area contributed by atoms with E-state index in [4.69, 9.17) is 0 Å². The number of aryl methyl sites for hydroxylation is 2. The van der Waals surface area contributed by atoms with Gasteiger partial charge in [-0.3, -0.25) is 14.8 Å². The van der Waals surface area contributed by atoms with Crippen LogP contribution in [0.25, 0.3) is 0 Å². The molecule has 2 heterocycles. The summed E-state index contributed by atoms with van der Waals surface area (Å²) in [7, 11) is 0. The summed E-state index contributed by atoms with van der Waals surface area (Å²) in [6.45, 7) is 3.91. The molecule has 2 aromatic rings. The normalized spacial score (nSPS) is 10.2. The standard InChI is InChI=1S/C14H14N2O/c1-3-11-5-4-8-15-13(11)14(17)12-7-6-10(2)16-9-12/h4-9H,3H2,1-2H3. The van der Waals surface area contributed by atoms with Crippen LogP contribution in [0.3, 0.4) is 0 Å². The molecule has 0 saturated carbocycles. The summed E-state index contributed by atoms with van der Waals surface area (Å²) in [6.07, 6.45) is 4.05. The van der Waals surface area contributed by atoms with Crippen LogP contribution in [-0.4, -0.2) is 15.8 Å². The van der Waals surface area contributed by atoms with Crippen molar-refractivity contribution >= 4 is 5.78 Å². The largest absolute Gasteiger partial charge is 0.287 e. The van der Waals surface area contributed by atoms with Gasteiger partial charge in [0.2, 0.25) is 5.78 Å². The molecule has 0 aliphatic carbocycles. The van der Waals surface area contributed by atoms with Crippen LogP contribution >= 0.6 is 0 Å². The summed E-state index contributed by atoms with van der Waals surface area (Å²) in [5, 5.41) is 0. The summed E-state index contributed by atoms with van der Waals surface area (Å²) in [6, 6.07) is 7.41. The summed E-state index contributed by atoms with van der Waals surface area (Å²) >= 11 is 0. The zero-order chi connectivity index (χ0) is 12.3. The number of carbonyl (C=O) groups excluding carboxylic acids is 1. The Labute approximate surface area is 101 Å². The Kier molecular flexibility index (Phi) is 3.28. The minimum absolute atomic E-state index is 0.0602. The fourth-order valence-electron chi connectivity index (χ4n) is 1.67. The maximum atomic E-state index is 12.2. The molecule has 0 unspecified atom stereocenters. The number of rotatable bonds is 3. The van der Waals surface area contributed by atoms with E-state index >= 15 is 0 Å². The Bertz CT molecular complexity index is 532. The van der Waals surface area contributed by atoms with Gasteiger partial charge in [-0.15, -0.1) is 0 Å². The van der Waals surface area contributed by atoms with Gasteiger partial charge in [0.1, 0.15) is 5.69 Å². The molecule has 0 aliphatic rings. The molecule has 3 nitrogen and oxygen atoms in total. The van der Waals surface area contributed by atoms with E-state index in [-0.39, 0.29) is 5.78 Å². The molecule has 0 atom stereocenters. The van der Waals surface area contributed by atoms with Gasteiger partial charge in [-0.2, -0.15) is 0 Å². The average Bonchev–Trinajstić information content (AvgIpc) is 2.39. The lowest BCUT2D eigenvalue weighted by molar-refractivity contribution is 0.103. The molecule has 3 heteroatoms. The lowest BCUT2D eigenvalue weighted by Gasteiger charge is -2.05. The van der Waals surface area contributed by atoms with E-state index in [0.717, 1.165) is 17.7 Å². The minimum Gasteiger partial charge on any atom is -0.287 e. The van der Waals surface area contributed by atoms with Crippen LogP contribution in [0, 0.1) is 6.92 Å². The Hall–Kier alpha value is -2.03. The van der Waals surface area contributed by atoms with Gasteiger partial charge in [0.25, 0.3) is 0 Å². The zero-order valence-corrected chi connectivity index (χ0v) is 9.97. The van der Waals surface area contributed by atoms with Crippen molar-refractivity contribution in [1.29, 1.82) is 0 Å². The number of hydrogen-bond donors (Lipinski definition) is 0. The molecule has 2 rings (SSSR count). The second kappa shape index (κ2) is 4.87. The number of carbonyl (C=O) groups is 1. The van der Waals surface area contributed by atoms with Crippen LogP contribution < -0.4 is 0 Å². The van der Waals surface area contributed by atoms with Gasteiger partial charge in [-0.25, -0.2) is 0 Å². The van der Waals surface area contributed by atoms with Gasteiger partial charge < -0.3 is 0 Å². The highest BCUT2D eigenvalue weighted by Gasteiger charge is 2.13. The third-order valence-corrected chi connectivity index (χ3v) is 2.66. The van der Waals surface area contributed by atoms with Crippen molar-refractivity contribution < 1.29 is 4.79 Å². The predicted molar refractivity (Wildman–Crippen MR) is 66.0 cm³/mol. The lowest BCUT2D eigenvalue weighted by atomic mass is 10.0. The third kappa shape index (κ3) is 2.38. The molecule has 0 bridgehead atoms. The Morgan fingerprint density at radius 1 is 1.24 bits per heavy atom. The quantitative estimate of drug-likeness (QED) is 0.755. The summed E-state index contributed by atoms with van der Waals surface area (Å²) in [5.41, 5.74) is 2.99. The highest BCUT2D eigenvalue weighted by molar-refractivity contribution is 6.08. The van der Waals surface area contributed by atoms with E-state index in [1.807, 2.05) is 32.0 Å². The molecular formula is C14H14N2O. The van der Waals surface area contributed by atoms with Crippen LogP contribution in [0.4, 0.5) is 0 Å². The topological polar surface area (TPSA) is 42.9 Å². The first-order valence-electron chi connectivity index (χ1n) is 5.63. The number of nitrogens with zero attached hydrogens (tertiary/aromatic N) is 2. The Balaban J connectivity index is 2.40. The van der Waals surface area contributed by atoms with Gasteiger partial charge in [-0.05, 0) is 37.1 Å². The fourth-order valence-corrected chi connectivity index (χ4v) is 1.67. The van der Waals surface area contributed by atoms with Gasteiger partial charge in [-0.1, -0.05) is 13.0 Å². The highest BCUT2D eigenvalue weighted by Crippen LogP contribution is 2.12. The summed E-state index contributed by atoms with van der Waals surface area (Å²) < 4.78 is 0. The smallest absolute Gasteiger partial charge is 0.213 e. The van der Waals surface area contributed by atoms with Crippen LogP contribution in [0.1, 0.15) is 34.2 Å². The van der Waals surface area contributed by atoms with Crippen LogP contribution in [0.5, 0.6) is 0 Å².